The Morgan fingerprint density at radius 1 is 0.629 bits per heavy atom. The summed E-state index contributed by atoms with van der Waals surface area (Å²) in [5.74, 6) is 2.54. The van der Waals surface area contributed by atoms with Crippen LogP contribution in [0.25, 0.3) is 22.6 Å². The Bertz CT molecular complexity index is 1530. The Kier molecular flexibility index (Phi) is 4.62. The largest absolute Gasteiger partial charge is 0.473 e. The quantitative estimate of drug-likeness (QED) is 0.319. The van der Waals surface area contributed by atoms with Gasteiger partial charge in [0.1, 0.15) is 17.0 Å². The minimum atomic E-state index is 0.513. The molecule has 0 aliphatic carbocycles. The van der Waals surface area contributed by atoms with E-state index in [4.69, 9.17) is 18.9 Å². The third-order valence-corrected chi connectivity index (χ3v) is 6.64. The summed E-state index contributed by atoms with van der Waals surface area (Å²) in [6, 6.07) is 30.7. The van der Waals surface area contributed by atoms with Gasteiger partial charge in [-0.2, -0.15) is 0 Å². The van der Waals surface area contributed by atoms with Gasteiger partial charge < -0.3 is 23.7 Å². The predicted octanol–water partition coefficient (Wildman–Crippen LogP) is 6.21. The lowest BCUT2D eigenvalue weighted by atomic mass is 10.1. The molecule has 0 unspecified atom stereocenters. The third-order valence-electron chi connectivity index (χ3n) is 6.64. The maximum absolute atomic E-state index is 6.09. The molecule has 0 radical (unpaired) electrons. The number of hydrogen-bond donors (Lipinski definition) is 0. The van der Waals surface area contributed by atoms with Gasteiger partial charge in [-0.05, 0) is 54.6 Å². The zero-order chi connectivity index (χ0) is 23.2. The van der Waals surface area contributed by atoms with Gasteiger partial charge in [0.25, 0.3) is 0 Å². The maximum atomic E-state index is 6.09. The molecule has 2 aliphatic rings. The van der Waals surface area contributed by atoms with Gasteiger partial charge in [-0.15, -0.1) is 0 Å². The molecule has 0 saturated heterocycles. The summed E-state index contributed by atoms with van der Waals surface area (Å²) in [7, 11) is 0. The normalized spacial score (nSPS) is 14.7. The average Bonchev–Trinajstić information content (AvgIpc) is 3.36. The molecule has 0 bridgehead atoms. The first-order valence-corrected chi connectivity index (χ1v) is 11.7. The number of para-hydroxylation sites is 2. The molecule has 2 aliphatic heterocycles. The van der Waals surface area contributed by atoms with E-state index in [-0.39, 0.29) is 0 Å². The lowest BCUT2D eigenvalue weighted by Gasteiger charge is -2.30. The molecular formula is C29H23N3O3. The highest BCUT2D eigenvalue weighted by Crippen LogP contribution is 2.33. The van der Waals surface area contributed by atoms with Crippen LogP contribution in [0, 0.1) is 0 Å². The smallest absolute Gasteiger partial charge is 0.227 e. The van der Waals surface area contributed by atoms with E-state index in [2.05, 4.69) is 58.3 Å². The van der Waals surface area contributed by atoms with Crippen LogP contribution in [0.3, 0.4) is 0 Å². The van der Waals surface area contributed by atoms with Gasteiger partial charge in [-0.3, -0.25) is 0 Å². The van der Waals surface area contributed by atoms with E-state index in [1.807, 2.05) is 42.5 Å². The number of anilines is 2. The van der Waals surface area contributed by atoms with Crippen molar-refractivity contribution in [2.24, 2.45) is 0 Å². The fraction of sp³-hybridized carbons (Fsp3) is 0.138. The highest BCUT2D eigenvalue weighted by molar-refractivity contribution is 5.80. The van der Waals surface area contributed by atoms with Crippen LogP contribution in [0.5, 0.6) is 11.5 Å². The van der Waals surface area contributed by atoms with Crippen molar-refractivity contribution in [2.45, 2.75) is 13.1 Å². The minimum Gasteiger partial charge on any atom is -0.473 e. The first kappa shape index (κ1) is 20.0. The van der Waals surface area contributed by atoms with Crippen LogP contribution < -0.4 is 19.3 Å². The molecule has 0 N–H and O–H groups in total. The molecule has 35 heavy (non-hydrogen) atoms. The van der Waals surface area contributed by atoms with E-state index in [1.165, 1.54) is 11.1 Å². The topological polar surface area (TPSA) is 51.0 Å². The van der Waals surface area contributed by atoms with E-state index < -0.39 is 0 Å². The summed E-state index contributed by atoms with van der Waals surface area (Å²) < 4.78 is 17.9. The number of aromatic nitrogens is 1. The van der Waals surface area contributed by atoms with Crippen LogP contribution in [0.2, 0.25) is 0 Å². The molecule has 172 valence electrons. The number of rotatable bonds is 3. The van der Waals surface area contributed by atoms with Crippen LogP contribution in [0.4, 0.5) is 11.4 Å². The first-order chi connectivity index (χ1) is 17.3. The van der Waals surface area contributed by atoms with Crippen LogP contribution in [0.1, 0.15) is 11.1 Å². The number of fused-ring (bicyclic) bond motifs is 3. The second-order valence-corrected chi connectivity index (χ2v) is 8.88. The van der Waals surface area contributed by atoms with Gasteiger partial charge in [-0.25, -0.2) is 4.98 Å². The average molecular weight is 462 g/mol. The number of benzene rings is 4. The molecule has 1 aromatic heterocycles. The van der Waals surface area contributed by atoms with Crippen LogP contribution in [0.15, 0.2) is 95.4 Å². The fourth-order valence-corrected chi connectivity index (χ4v) is 4.73. The molecule has 6 nitrogen and oxygen atoms in total. The number of oxazole rings is 1. The van der Waals surface area contributed by atoms with Crippen LogP contribution in [-0.2, 0) is 13.1 Å². The van der Waals surface area contributed by atoms with Gasteiger partial charge >= 0.3 is 0 Å². The Labute approximate surface area is 202 Å². The number of hydrogen-bond acceptors (Lipinski definition) is 6. The van der Waals surface area contributed by atoms with Crippen LogP contribution in [-0.4, -0.2) is 18.4 Å². The Morgan fingerprint density at radius 3 is 1.91 bits per heavy atom. The molecule has 6 heteroatoms. The van der Waals surface area contributed by atoms with Gasteiger partial charge in [0, 0.05) is 41.2 Å². The molecule has 0 fully saturated rings. The molecule has 3 heterocycles. The monoisotopic (exact) mass is 461 g/mol. The number of nitrogens with zero attached hydrogens (tertiary/aromatic N) is 3. The molecule has 0 amide bonds. The van der Waals surface area contributed by atoms with Crippen LogP contribution >= 0.6 is 0 Å². The Balaban J connectivity index is 1.12. The Morgan fingerprint density at radius 2 is 1.23 bits per heavy atom. The third kappa shape index (κ3) is 3.64. The zero-order valence-corrected chi connectivity index (χ0v) is 19.1. The zero-order valence-electron chi connectivity index (χ0n) is 19.1. The van der Waals surface area contributed by atoms with Crippen molar-refractivity contribution in [3.8, 4) is 23.0 Å². The van der Waals surface area contributed by atoms with E-state index >= 15 is 0 Å². The summed E-state index contributed by atoms with van der Waals surface area (Å²) >= 11 is 0. The van der Waals surface area contributed by atoms with E-state index in [9.17, 15) is 0 Å². The highest BCUT2D eigenvalue weighted by atomic mass is 16.5. The van der Waals surface area contributed by atoms with Gasteiger partial charge in [0.05, 0.1) is 0 Å². The van der Waals surface area contributed by atoms with Gasteiger partial charge in [-0.1, -0.05) is 36.4 Å². The first-order valence-electron chi connectivity index (χ1n) is 11.7. The van der Waals surface area contributed by atoms with Crippen molar-refractivity contribution in [3.63, 3.8) is 0 Å². The van der Waals surface area contributed by atoms with Gasteiger partial charge in [0.2, 0.25) is 5.89 Å². The molecular weight excluding hydrogens is 438 g/mol. The summed E-state index contributed by atoms with van der Waals surface area (Å²) in [6.45, 7) is 2.68. The molecule has 0 atom stereocenters. The summed E-state index contributed by atoms with van der Waals surface area (Å²) in [5, 5.41) is 0. The summed E-state index contributed by atoms with van der Waals surface area (Å²) in [4.78, 5) is 9.19. The van der Waals surface area contributed by atoms with Crippen molar-refractivity contribution in [1.82, 2.24) is 4.98 Å². The lowest BCUT2D eigenvalue weighted by Crippen LogP contribution is -2.31. The van der Waals surface area contributed by atoms with E-state index in [1.54, 1.807) is 0 Å². The second-order valence-electron chi connectivity index (χ2n) is 8.88. The second kappa shape index (κ2) is 8.09. The number of ether oxygens (including phenoxy) is 2. The summed E-state index contributed by atoms with van der Waals surface area (Å²) in [6.07, 6.45) is 0. The predicted molar refractivity (Wildman–Crippen MR) is 136 cm³/mol. The van der Waals surface area contributed by atoms with E-state index in [0.29, 0.717) is 19.4 Å². The fourth-order valence-electron chi connectivity index (χ4n) is 4.73. The van der Waals surface area contributed by atoms with Gasteiger partial charge in [0.15, 0.2) is 19.0 Å². The Hall–Kier alpha value is -4.45. The highest BCUT2D eigenvalue weighted by Gasteiger charge is 2.20. The van der Waals surface area contributed by atoms with Crippen molar-refractivity contribution in [1.29, 1.82) is 0 Å². The van der Waals surface area contributed by atoms with Crippen molar-refractivity contribution in [3.05, 3.63) is 102 Å². The van der Waals surface area contributed by atoms with Crippen molar-refractivity contribution < 1.29 is 13.9 Å². The summed E-state index contributed by atoms with van der Waals surface area (Å²) in [5.41, 5.74) is 7.09. The SMILES string of the molecule is c1ccc2c(c1)CN(c1ccc(-c3nc4cc(N5COc6ccccc6C5)ccc4o3)cc1)CO2. The maximum Gasteiger partial charge on any atom is 0.227 e. The lowest BCUT2D eigenvalue weighted by molar-refractivity contribution is 0.289. The molecule has 0 spiro atoms. The molecule has 0 saturated carbocycles. The minimum absolute atomic E-state index is 0.513. The standard InChI is InChI=1S/C29H23N3O3/c1-3-7-26-21(5-1)16-31(18-33-26)23-11-9-20(10-12-23)29-30-25-15-24(13-14-28(25)35-29)32-17-22-6-2-4-8-27(22)34-19-32/h1-15H,16-19H2. The van der Waals surface area contributed by atoms with E-state index in [0.717, 1.165) is 52.6 Å². The molecule has 4 aromatic carbocycles. The van der Waals surface area contributed by atoms with Crippen molar-refractivity contribution >= 4 is 22.5 Å². The molecule has 5 aromatic rings. The molecule has 7 rings (SSSR count). The van der Waals surface area contributed by atoms with Crippen molar-refractivity contribution in [2.75, 3.05) is 23.3 Å².